The van der Waals surface area contributed by atoms with Gasteiger partial charge in [-0.15, -0.1) is 5.10 Å². The van der Waals surface area contributed by atoms with Gasteiger partial charge in [-0.2, -0.15) is 0 Å². The minimum Gasteiger partial charge on any atom is -0.497 e. The summed E-state index contributed by atoms with van der Waals surface area (Å²) in [5, 5.41) is 7.97. The fraction of sp³-hybridized carbons (Fsp3) is 0.693. The molecule has 0 spiro atoms. The van der Waals surface area contributed by atoms with E-state index in [-0.39, 0.29) is 55.3 Å². The van der Waals surface area contributed by atoms with Crippen LogP contribution in [0.1, 0.15) is 263 Å². The number of hydrogen-bond donors (Lipinski definition) is 0. The topological polar surface area (TPSA) is 208 Å². The van der Waals surface area contributed by atoms with Crippen molar-refractivity contribution in [1.29, 1.82) is 0 Å². The van der Waals surface area contributed by atoms with Crippen molar-refractivity contribution in [1.82, 2.24) is 15.0 Å². The normalized spacial score (nSPS) is 29.1. The molecular formula is C101H145N3O15. The van der Waals surface area contributed by atoms with E-state index in [1.165, 1.54) is 178 Å². The zero-order valence-electron chi connectivity index (χ0n) is 73.7. The van der Waals surface area contributed by atoms with Gasteiger partial charge in [-0.3, -0.25) is 19.2 Å². The quantitative estimate of drug-likeness (QED) is 0.0334. The Morgan fingerprint density at radius 3 is 0.916 bits per heavy atom. The van der Waals surface area contributed by atoms with E-state index in [1.54, 1.807) is 31.2 Å². The number of ether oxygens (including phenoxy) is 10. The molecule has 654 valence electrons. The van der Waals surface area contributed by atoms with E-state index in [1.807, 2.05) is 33.9 Å². The van der Waals surface area contributed by atoms with Crippen LogP contribution in [-0.4, -0.2) is 150 Å². The monoisotopic (exact) mass is 1640 g/mol. The molecule has 0 saturated heterocycles. The zero-order chi connectivity index (χ0) is 83.6. The molecule has 1 heterocycles. The largest absolute Gasteiger partial charge is 0.497 e. The van der Waals surface area contributed by atoms with Crippen molar-refractivity contribution in [3.63, 3.8) is 0 Å². The Labute approximate surface area is 712 Å². The van der Waals surface area contributed by atoms with Crippen LogP contribution in [0.4, 0.5) is 0 Å². The highest BCUT2D eigenvalue weighted by Gasteiger charge is 2.55. The van der Waals surface area contributed by atoms with Gasteiger partial charge in [-0.05, 0) is 385 Å². The van der Waals surface area contributed by atoms with E-state index in [0.29, 0.717) is 127 Å². The molecule has 16 fully saturated rings. The number of rotatable bonds is 40. The standard InChI is InChI=1S/2C23H32O3.C19H24O2.C17H22O.C12H21N3O3.C7H14O3/c2*1-2-25-9-3-4-21(24)16-26-22-7-5-20(6-8-22)23-13-17-10-18(14-23)12-19(11-17)15-23;1-13(20)12-21-18-4-2-17(3-5-18)19-9-14-6-15(10-19)8-16(7-14)11-19;1-18-16-4-2-15(3-5-16)17-9-12-6-13(10-17)8-14(7-12)11-17;1-3-17-8-9-18-7-6-15-10-12(13-14-15)5-4-11(2)16;1-3-9-4-5-10-6-7(2)8/h2*5-8,17-19H,2-4,9-16H2,1H3;2-5,14-16H,6-12H2,1H3;2-5,12-14H,6-11H2,1H3;10H,3-9H2,1-2H3;3-6H2,1-2H3. The van der Waals surface area contributed by atoms with E-state index in [0.717, 1.165) is 113 Å². The Morgan fingerprint density at radius 2 is 0.622 bits per heavy atom. The Bertz CT molecular complexity index is 3670. The highest BCUT2D eigenvalue weighted by molar-refractivity contribution is 5.80. The third-order valence-corrected chi connectivity index (χ3v) is 28.6. The van der Waals surface area contributed by atoms with Gasteiger partial charge in [0.2, 0.25) is 0 Å². The lowest BCUT2D eigenvalue weighted by molar-refractivity contribution is -0.122. The van der Waals surface area contributed by atoms with Gasteiger partial charge in [0, 0.05) is 65.1 Å². The van der Waals surface area contributed by atoms with Crippen LogP contribution >= 0.6 is 0 Å². The molecule has 0 amide bonds. The highest BCUT2D eigenvalue weighted by Crippen LogP contribution is 2.65. The smallest absolute Gasteiger partial charge is 0.170 e. The van der Waals surface area contributed by atoms with Crippen molar-refractivity contribution in [2.45, 2.75) is 269 Å². The number of hydrogen-bond acceptors (Lipinski definition) is 17. The van der Waals surface area contributed by atoms with Crippen molar-refractivity contribution in [3.05, 3.63) is 131 Å². The first-order chi connectivity index (χ1) is 57.7. The molecule has 16 saturated carbocycles. The summed E-state index contributed by atoms with van der Waals surface area (Å²) < 4.78 is 54.9. The van der Waals surface area contributed by atoms with E-state index >= 15 is 0 Å². The minimum atomic E-state index is 0.0523. The number of aromatic nitrogens is 3. The van der Waals surface area contributed by atoms with Crippen molar-refractivity contribution in [2.75, 3.05) is 106 Å². The first-order valence-corrected chi connectivity index (χ1v) is 46.4. The molecule has 0 radical (unpaired) electrons. The average Bonchev–Trinajstić information content (AvgIpc) is 0.848. The van der Waals surface area contributed by atoms with Gasteiger partial charge in [0.15, 0.2) is 23.1 Å². The van der Waals surface area contributed by atoms with Crippen molar-refractivity contribution in [3.8, 4) is 23.0 Å². The molecular weight excluding hydrogens is 1500 g/mol. The second-order valence-electron chi connectivity index (χ2n) is 38.3. The van der Waals surface area contributed by atoms with Gasteiger partial charge in [-0.25, -0.2) is 4.68 Å². The van der Waals surface area contributed by atoms with Crippen LogP contribution in [0.25, 0.3) is 0 Å². The summed E-state index contributed by atoms with van der Waals surface area (Å²) in [6.45, 7) is 20.9. The Balaban J connectivity index is 0.000000134. The number of ketones is 5. The van der Waals surface area contributed by atoms with Gasteiger partial charge in [0.25, 0.3) is 0 Å². The fourth-order valence-corrected chi connectivity index (χ4v) is 25.1. The molecule has 0 atom stereocenters. The molecule has 1 aromatic heterocycles. The maximum absolute atomic E-state index is 11.9. The van der Waals surface area contributed by atoms with Gasteiger partial charge in [0.05, 0.1) is 52.4 Å². The maximum atomic E-state index is 11.9. The van der Waals surface area contributed by atoms with E-state index in [9.17, 15) is 24.0 Å². The van der Waals surface area contributed by atoms with Crippen LogP contribution in [0, 0.1) is 71.0 Å². The highest BCUT2D eigenvalue weighted by atomic mass is 16.5. The lowest BCUT2D eigenvalue weighted by Crippen LogP contribution is -2.48. The van der Waals surface area contributed by atoms with Crippen LogP contribution in [0.15, 0.2) is 103 Å². The van der Waals surface area contributed by atoms with Crippen LogP contribution in [0.2, 0.25) is 0 Å². The van der Waals surface area contributed by atoms with Crippen LogP contribution in [0.5, 0.6) is 23.0 Å². The van der Waals surface area contributed by atoms with Crippen molar-refractivity contribution >= 4 is 28.9 Å². The summed E-state index contributed by atoms with van der Waals surface area (Å²) in [6.07, 6.45) is 40.4. The first kappa shape index (κ1) is 91.5. The molecule has 16 aliphatic rings. The number of methoxy groups -OCH3 is 1. The number of nitrogens with zero attached hydrogens (tertiary/aromatic N) is 3. The van der Waals surface area contributed by atoms with Crippen LogP contribution in [-0.2, 0) is 87.0 Å². The predicted molar refractivity (Wildman–Crippen MR) is 465 cm³/mol. The van der Waals surface area contributed by atoms with E-state index < -0.39 is 0 Å². The molecule has 18 nitrogen and oxygen atoms in total. The minimum absolute atomic E-state index is 0.0523. The molecule has 119 heavy (non-hydrogen) atoms. The number of carbonyl (C=O) groups is 5. The summed E-state index contributed by atoms with van der Waals surface area (Å²) in [5.74, 6) is 15.8. The van der Waals surface area contributed by atoms with E-state index in [4.69, 9.17) is 47.4 Å². The maximum Gasteiger partial charge on any atom is 0.170 e. The second kappa shape index (κ2) is 45.1. The number of aryl methyl sites for hydroxylation is 1. The van der Waals surface area contributed by atoms with Crippen LogP contribution in [0.3, 0.4) is 0 Å². The van der Waals surface area contributed by atoms with Gasteiger partial charge in [0.1, 0.15) is 55.2 Å². The predicted octanol–water partition coefficient (Wildman–Crippen LogP) is 19.6. The summed E-state index contributed by atoms with van der Waals surface area (Å²) >= 11 is 0. The number of carbonyl (C=O) groups excluding carboxylic acids is 5. The molecule has 0 unspecified atom stereocenters. The van der Waals surface area contributed by atoms with Gasteiger partial charge in [-0.1, -0.05) is 53.7 Å². The number of benzene rings is 4. The lowest BCUT2D eigenvalue weighted by atomic mass is 9.48. The Morgan fingerprint density at radius 1 is 0.336 bits per heavy atom. The summed E-state index contributed by atoms with van der Waals surface area (Å²) in [6, 6.07) is 34.9. The molecule has 4 aromatic carbocycles. The zero-order valence-corrected chi connectivity index (χ0v) is 73.7. The molecule has 21 rings (SSSR count). The third kappa shape index (κ3) is 26.7. The van der Waals surface area contributed by atoms with E-state index in [2.05, 4.69) is 107 Å². The molecule has 0 N–H and O–H groups in total. The lowest BCUT2D eigenvalue weighted by Gasteiger charge is -2.57. The average molecular weight is 1640 g/mol. The second-order valence-corrected chi connectivity index (χ2v) is 38.3. The van der Waals surface area contributed by atoms with Gasteiger partial charge >= 0.3 is 0 Å². The fourth-order valence-electron chi connectivity index (χ4n) is 25.1. The SMILES string of the molecule is CC(=O)COc1ccc(C23CC4CC(CC(C4)C2)C3)cc1.CCOCCCC(=O)COc1ccc(C23CC4CC(CC(C4)C2)C3)cc1.CCOCCCC(=O)COc1ccc(C23CC4CC(CC(C4)C2)C3)cc1.CCOCCOCC(C)=O.CCOCCOCCn1cc(CCC(C)=O)nn1.COc1ccc(C23CC4CC(CC(C4)C2)C3)cc1. The molecule has 16 bridgehead atoms. The summed E-state index contributed by atoms with van der Waals surface area (Å²) in [5.41, 5.74) is 8.80. The van der Waals surface area contributed by atoms with Gasteiger partial charge < -0.3 is 52.2 Å². The molecule has 18 heteroatoms. The summed E-state index contributed by atoms with van der Waals surface area (Å²) in [4.78, 5) is 55.9. The Hall–Kier alpha value is -6.67. The molecule has 5 aromatic rings. The van der Waals surface area contributed by atoms with Crippen molar-refractivity contribution < 1.29 is 71.3 Å². The summed E-state index contributed by atoms with van der Waals surface area (Å²) in [7, 11) is 1.75. The molecule has 16 aliphatic carbocycles. The number of Topliss-reactive ketones (excluding diaryl/α,β-unsaturated/α-hetero) is 5. The molecule has 0 aliphatic heterocycles. The van der Waals surface area contributed by atoms with Crippen LogP contribution < -0.4 is 18.9 Å². The Kier molecular flexibility index (Phi) is 34.7. The third-order valence-electron chi connectivity index (χ3n) is 28.6. The van der Waals surface area contributed by atoms with Crippen molar-refractivity contribution in [2.24, 2.45) is 71.0 Å². The first-order valence-electron chi connectivity index (χ1n) is 46.4.